The number of hydrogen-bond donors (Lipinski definition) is 1. The number of nitrogens with one attached hydrogen (secondary N) is 1. The molecule has 1 heterocycles. The van der Waals surface area contributed by atoms with Crippen LogP contribution in [0.3, 0.4) is 0 Å². The minimum Gasteiger partial charge on any atom is -0.455 e. The number of carbonyl (C=O) groups is 3. The third kappa shape index (κ3) is 5.33. The summed E-state index contributed by atoms with van der Waals surface area (Å²) in [7, 11) is -0.812. The first kappa shape index (κ1) is 22.8. The van der Waals surface area contributed by atoms with Crippen LogP contribution in [-0.2, 0) is 29.1 Å². The molecule has 29 heavy (non-hydrogen) atoms. The SMILES string of the molecule is Cc1ccc(NC(=O)COC(=O)C2CC(=O)N(C(C)C)C2)cc1S(=O)(=O)N(C)C. The quantitative estimate of drug-likeness (QED) is 0.652. The lowest BCUT2D eigenvalue weighted by Gasteiger charge is -2.20. The van der Waals surface area contributed by atoms with E-state index in [9.17, 15) is 22.8 Å². The van der Waals surface area contributed by atoms with E-state index in [1.54, 1.807) is 24.0 Å². The average Bonchev–Trinajstić information content (AvgIpc) is 3.03. The van der Waals surface area contributed by atoms with Crippen molar-refractivity contribution in [1.82, 2.24) is 9.21 Å². The topological polar surface area (TPSA) is 113 Å². The van der Waals surface area contributed by atoms with Crippen LogP contribution in [0.1, 0.15) is 25.8 Å². The fourth-order valence-electron chi connectivity index (χ4n) is 2.99. The molecular weight excluding hydrogens is 398 g/mol. The Labute approximate surface area is 171 Å². The molecule has 1 aliphatic rings. The predicted octanol–water partition coefficient (Wildman–Crippen LogP) is 0.984. The van der Waals surface area contributed by atoms with Crippen molar-refractivity contribution in [2.24, 2.45) is 5.92 Å². The van der Waals surface area contributed by atoms with Crippen LogP contribution in [0.5, 0.6) is 0 Å². The van der Waals surface area contributed by atoms with Crippen molar-refractivity contribution < 1.29 is 27.5 Å². The number of hydrogen-bond acceptors (Lipinski definition) is 6. The molecule has 1 aromatic carbocycles. The minimum absolute atomic E-state index is 0.00206. The molecule has 0 spiro atoms. The zero-order valence-corrected chi connectivity index (χ0v) is 18.1. The number of rotatable bonds is 7. The van der Waals surface area contributed by atoms with E-state index in [4.69, 9.17) is 4.74 Å². The molecule has 1 aliphatic heterocycles. The number of esters is 1. The highest BCUT2D eigenvalue weighted by atomic mass is 32.2. The molecule has 1 atom stereocenters. The monoisotopic (exact) mass is 425 g/mol. The number of anilines is 1. The second-order valence-electron chi connectivity index (χ2n) is 7.46. The molecule has 0 saturated carbocycles. The van der Waals surface area contributed by atoms with Gasteiger partial charge < -0.3 is 15.0 Å². The third-order valence-electron chi connectivity index (χ3n) is 4.69. The Morgan fingerprint density at radius 2 is 1.97 bits per heavy atom. The summed E-state index contributed by atoms with van der Waals surface area (Å²) in [6.45, 7) is 5.15. The van der Waals surface area contributed by atoms with Gasteiger partial charge in [-0.1, -0.05) is 6.07 Å². The summed E-state index contributed by atoms with van der Waals surface area (Å²) in [5, 5.41) is 2.53. The lowest BCUT2D eigenvalue weighted by atomic mass is 10.1. The summed E-state index contributed by atoms with van der Waals surface area (Å²) in [5.41, 5.74) is 0.822. The molecule has 1 saturated heterocycles. The number of sulfonamides is 1. The maximum Gasteiger partial charge on any atom is 0.311 e. The van der Waals surface area contributed by atoms with E-state index in [0.717, 1.165) is 4.31 Å². The minimum atomic E-state index is -3.66. The molecule has 0 radical (unpaired) electrons. The molecule has 2 rings (SSSR count). The molecule has 1 aromatic rings. The second kappa shape index (κ2) is 8.91. The molecule has 1 unspecified atom stereocenters. The van der Waals surface area contributed by atoms with Gasteiger partial charge >= 0.3 is 5.97 Å². The molecule has 1 fully saturated rings. The van der Waals surface area contributed by atoms with Crippen LogP contribution < -0.4 is 5.32 Å². The fraction of sp³-hybridized carbons (Fsp3) is 0.526. The smallest absolute Gasteiger partial charge is 0.311 e. The van der Waals surface area contributed by atoms with Gasteiger partial charge in [-0.3, -0.25) is 14.4 Å². The van der Waals surface area contributed by atoms with E-state index in [1.165, 1.54) is 20.2 Å². The average molecular weight is 426 g/mol. The molecule has 9 nitrogen and oxygen atoms in total. The normalized spacial score (nSPS) is 17.1. The van der Waals surface area contributed by atoms with Crippen molar-refractivity contribution in [1.29, 1.82) is 0 Å². The van der Waals surface area contributed by atoms with E-state index in [2.05, 4.69) is 5.32 Å². The van der Waals surface area contributed by atoms with E-state index in [-0.39, 0.29) is 35.5 Å². The van der Waals surface area contributed by atoms with Crippen molar-refractivity contribution in [2.45, 2.75) is 38.1 Å². The van der Waals surface area contributed by atoms with Crippen LogP contribution in [-0.4, -0.2) is 68.7 Å². The third-order valence-corrected chi connectivity index (χ3v) is 6.65. The van der Waals surface area contributed by atoms with Crippen molar-refractivity contribution in [3.05, 3.63) is 23.8 Å². The molecule has 1 N–H and O–H groups in total. The Morgan fingerprint density at radius 3 is 2.52 bits per heavy atom. The standard InChI is InChI=1S/C19H27N3O6S/c1-12(2)22-10-14(8-18(22)24)19(25)28-11-17(23)20-15-7-6-13(3)16(9-15)29(26,27)21(4)5/h6-7,9,12,14H,8,10-11H2,1-5H3,(H,20,23). The zero-order chi connectivity index (χ0) is 21.9. The number of nitrogens with zero attached hydrogens (tertiary/aromatic N) is 2. The molecule has 160 valence electrons. The first-order valence-electron chi connectivity index (χ1n) is 9.22. The van der Waals surface area contributed by atoms with Crippen LogP contribution in [0.4, 0.5) is 5.69 Å². The molecule has 10 heteroatoms. The summed E-state index contributed by atoms with van der Waals surface area (Å²) in [4.78, 5) is 37.8. The molecule has 2 amide bonds. The van der Waals surface area contributed by atoms with Crippen molar-refractivity contribution in [3.8, 4) is 0 Å². The Balaban J connectivity index is 1.97. The Morgan fingerprint density at radius 1 is 1.31 bits per heavy atom. The highest BCUT2D eigenvalue weighted by molar-refractivity contribution is 7.89. The molecular formula is C19H27N3O6S. The van der Waals surface area contributed by atoms with E-state index in [0.29, 0.717) is 5.56 Å². The van der Waals surface area contributed by atoms with Crippen molar-refractivity contribution in [3.63, 3.8) is 0 Å². The number of amides is 2. The summed E-state index contributed by atoms with van der Waals surface area (Å²) in [5.74, 6) is -1.90. The van der Waals surface area contributed by atoms with Gasteiger partial charge in [0, 0.05) is 38.8 Å². The van der Waals surface area contributed by atoms with Gasteiger partial charge in [-0.05, 0) is 38.5 Å². The first-order chi connectivity index (χ1) is 13.4. The van der Waals surface area contributed by atoms with Gasteiger partial charge in [-0.2, -0.15) is 0 Å². The second-order valence-corrected chi connectivity index (χ2v) is 9.58. The van der Waals surface area contributed by atoms with Gasteiger partial charge in [0.2, 0.25) is 15.9 Å². The van der Waals surface area contributed by atoms with Crippen molar-refractivity contribution in [2.75, 3.05) is 32.6 Å². The summed E-state index contributed by atoms with van der Waals surface area (Å²) in [6.07, 6.45) is 0.0718. The number of ether oxygens (including phenoxy) is 1. The van der Waals surface area contributed by atoms with Gasteiger partial charge in [-0.25, -0.2) is 12.7 Å². The van der Waals surface area contributed by atoms with Gasteiger partial charge in [0.05, 0.1) is 10.8 Å². The highest BCUT2D eigenvalue weighted by Crippen LogP contribution is 2.23. The Bertz CT molecular complexity index is 911. The van der Waals surface area contributed by atoms with Crippen LogP contribution in [0.25, 0.3) is 0 Å². The number of benzene rings is 1. The predicted molar refractivity (Wildman–Crippen MR) is 107 cm³/mol. The van der Waals surface area contributed by atoms with E-state index in [1.807, 2.05) is 13.8 Å². The van der Waals surface area contributed by atoms with Gasteiger partial charge in [-0.15, -0.1) is 0 Å². The van der Waals surface area contributed by atoms with Crippen LogP contribution in [0, 0.1) is 12.8 Å². The zero-order valence-electron chi connectivity index (χ0n) is 17.3. The summed E-state index contributed by atoms with van der Waals surface area (Å²) in [6, 6.07) is 4.51. The van der Waals surface area contributed by atoms with E-state index < -0.39 is 34.4 Å². The Hall–Kier alpha value is -2.46. The van der Waals surface area contributed by atoms with Crippen molar-refractivity contribution >= 4 is 33.5 Å². The first-order valence-corrected chi connectivity index (χ1v) is 10.7. The summed E-state index contributed by atoms with van der Waals surface area (Å²) >= 11 is 0. The maximum atomic E-state index is 12.4. The van der Waals surface area contributed by atoms with Crippen LogP contribution >= 0.6 is 0 Å². The van der Waals surface area contributed by atoms with Gasteiger partial charge in [0.15, 0.2) is 6.61 Å². The number of aryl methyl sites for hydroxylation is 1. The van der Waals surface area contributed by atoms with Crippen LogP contribution in [0.2, 0.25) is 0 Å². The van der Waals surface area contributed by atoms with Gasteiger partial charge in [0.25, 0.3) is 5.91 Å². The maximum absolute atomic E-state index is 12.4. The van der Waals surface area contributed by atoms with E-state index >= 15 is 0 Å². The lowest BCUT2D eigenvalue weighted by molar-refractivity contribution is -0.151. The highest BCUT2D eigenvalue weighted by Gasteiger charge is 2.36. The largest absolute Gasteiger partial charge is 0.455 e. The fourth-order valence-corrected chi connectivity index (χ4v) is 4.14. The molecule has 0 aliphatic carbocycles. The molecule has 0 aromatic heterocycles. The molecule has 0 bridgehead atoms. The summed E-state index contributed by atoms with van der Waals surface area (Å²) < 4.78 is 30.9. The van der Waals surface area contributed by atoms with Gasteiger partial charge in [0.1, 0.15) is 0 Å². The van der Waals surface area contributed by atoms with Crippen LogP contribution in [0.15, 0.2) is 23.1 Å². The number of likely N-dealkylation sites (tertiary alicyclic amines) is 1. The lowest BCUT2D eigenvalue weighted by Crippen LogP contribution is -2.33. The Kier molecular flexibility index (Phi) is 7.02. The number of carbonyl (C=O) groups excluding carboxylic acids is 3.